The van der Waals surface area contributed by atoms with Crippen LogP contribution in [0.4, 0.5) is 8.78 Å². The number of carboxylic acids is 1. The molecular formula is C73H77BBr3ClF2N8O26. The van der Waals surface area contributed by atoms with Crippen LogP contribution >= 0.6 is 59.4 Å². The zero-order valence-corrected chi connectivity index (χ0v) is 66.8. The molecule has 12 rings (SSSR count). The number of carboxylic acid groups (broad SMARTS) is 1. The van der Waals surface area contributed by atoms with Crippen LogP contribution in [-0.4, -0.2) is 189 Å². The lowest BCUT2D eigenvalue weighted by molar-refractivity contribution is 0.0555. The number of H-pyrrole nitrogens is 2. The lowest BCUT2D eigenvalue weighted by Crippen LogP contribution is -2.41. The van der Waals surface area contributed by atoms with E-state index in [-0.39, 0.29) is 79.7 Å². The zero-order valence-electron chi connectivity index (χ0n) is 61.3. The number of aromatic nitrogens is 6. The average molecular weight is 1810 g/mol. The molecule has 1 aliphatic heterocycles. The van der Waals surface area contributed by atoms with Crippen LogP contribution in [0.25, 0.3) is 22.5 Å². The van der Waals surface area contributed by atoms with Gasteiger partial charge < -0.3 is 101 Å². The number of aryl methyl sites for hydroxylation is 5. The Kier molecular flexibility index (Phi) is 40.7. The molecule has 11 heterocycles. The summed E-state index contributed by atoms with van der Waals surface area (Å²) >= 11 is 15.6. The number of benzene rings is 1. The van der Waals surface area contributed by atoms with Gasteiger partial charge in [0.05, 0.1) is 68.2 Å². The normalized spacial score (nSPS) is 10.9. The summed E-state index contributed by atoms with van der Waals surface area (Å²) in [6.45, 7) is 0.890. The molecule has 41 heteroatoms. The molecule has 1 amide bonds. The SMILES string of the molecule is COC(=O)c1cc(-c2ccn[nH]2)c(CCCO)o1.COC(=O)c1cc(Br)c(CCCO)o1.COC(=O)c1ccc(Br)o1.COC(=O)c1ccc(C#CCO)o1.COC(=O)c1ccc(CCCO)o1.NC[C@H](Cc1ccc(F)c(F)c1)NC(=O)c1cc2c(o1)CCCn1ncc(Cl)c1-2.O=C(O)c1ccc(Br)o1.OB(O)c1ccn[nH]1. The van der Waals surface area contributed by atoms with Gasteiger partial charge in [-0.05, 0) is 170 Å². The summed E-state index contributed by atoms with van der Waals surface area (Å²) < 4.78 is 88.6. The number of aliphatic hydroxyl groups is 4. The van der Waals surface area contributed by atoms with E-state index in [4.69, 9.17) is 79.4 Å². The van der Waals surface area contributed by atoms with Gasteiger partial charge in [0, 0.05) is 100 Å². The Morgan fingerprint density at radius 2 is 1.17 bits per heavy atom. The number of carbonyl (C=O) groups excluding carboxylic acids is 6. The number of rotatable bonds is 22. The summed E-state index contributed by atoms with van der Waals surface area (Å²) in [6.07, 6.45) is 9.96. The van der Waals surface area contributed by atoms with Crippen molar-refractivity contribution >= 4 is 114 Å². The van der Waals surface area contributed by atoms with Gasteiger partial charge in [-0.15, -0.1) is 0 Å². The number of nitrogens with two attached hydrogens (primary N) is 1. The maximum atomic E-state index is 13.4. The van der Waals surface area contributed by atoms with Crippen LogP contribution in [0.15, 0.2) is 160 Å². The molecule has 0 fully saturated rings. The predicted molar refractivity (Wildman–Crippen MR) is 409 cm³/mol. The van der Waals surface area contributed by atoms with Gasteiger partial charge in [0.15, 0.2) is 32.5 Å². The number of halogens is 6. The molecule has 1 aromatic carbocycles. The lowest BCUT2D eigenvalue weighted by Gasteiger charge is -2.16. The highest BCUT2D eigenvalue weighted by Gasteiger charge is 2.27. The Labute approximate surface area is 677 Å². The first-order chi connectivity index (χ1) is 54.7. The summed E-state index contributed by atoms with van der Waals surface area (Å²) in [7, 11) is 5.04. The van der Waals surface area contributed by atoms with Crippen molar-refractivity contribution in [3.05, 3.63) is 221 Å². The van der Waals surface area contributed by atoms with Crippen LogP contribution in [0.2, 0.25) is 5.02 Å². The quantitative estimate of drug-likeness (QED) is 0.0130. The summed E-state index contributed by atoms with van der Waals surface area (Å²) in [5.74, 6) is 2.97. The number of nitrogens with one attached hydrogen (secondary N) is 3. The number of amides is 1. The summed E-state index contributed by atoms with van der Waals surface area (Å²) in [4.78, 5) is 77.8. The number of hydrogen-bond donors (Lipinski definition) is 11. The van der Waals surface area contributed by atoms with Gasteiger partial charge in [-0.3, -0.25) is 19.7 Å². The van der Waals surface area contributed by atoms with E-state index in [1.54, 1.807) is 59.5 Å². The smallest absolute Gasteiger partial charge is 0.475 e. The number of ether oxygens (including phenoxy) is 5. The summed E-state index contributed by atoms with van der Waals surface area (Å²) in [6, 6.07) is 23.6. The molecule has 0 radical (unpaired) electrons. The average Bonchev–Trinajstić information content (AvgIpc) is 1.62. The molecular weight excluding hydrogens is 1730 g/mol. The predicted octanol–water partition coefficient (Wildman–Crippen LogP) is 9.52. The van der Waals surface area contributed by atoms with E-state index in [9.17, 15) is 42.3 Å². The second kappa shape index (κ2) is 49.5. The van der Waals surface area contributed by atoms with Crippen molar-refractivity contribution in [2.75, 3.05) is 68.5 Å². The van der Waals surface area contributed by atoms with Crippen LogP contribution in [0.5, 0.6) is 0 Å². The number of nitrogens with zero attached hydrogens (tertiary/aromatic N) is 4. The van der Waals surface area contributed by atoms with Crippen molar-refractivity contribution in [1.82, 2.24) is 35.5 Å². The highest BCUT2D eigenvalue weighted by atomic mass is 79.9. The largest absolute Gasteiger partial charge is 0.507 e. The summed E-state index contributed by atoms with van der Waals surface area (Å²) in [5.41, 5.74) is 9.62. The molecule has 0 aliphatic carbocycles. The fourth-order valence-corrected chi connectivity index (χ4v) is 10.6. The third-order valence-electron chi connectivity index (χ3n) is 14.7. The van der Waals surface area contributed by atoms with E-state index in [0.717, 1.165) is 52.1 Å². The van der Waals surface area contributed by atoms with Gasteiger partial charge in [-0.2, -0.15) is 15.3 Å². The number of esters is 5. The first-order valence-electron chi connectivity index (χ1n) is 33.5. The Morgan fingerprint density at radius 3 is 1.69 bits per heavy atom. The third-order valence-corrected chi connectivity index (χ3v) is 16.5. The van der Waals surface area contributed by atoms with Crippen molar-refractivity contribution in [1.29, 1.82) is 0 Å². The van der Waals surface area contributed by atoms with Gasteiger partial charge in [-0.1, -0.05) is 23.6 Å². The molecule has 1 atom stereocenters. The van der Waals surface area contributed by atoms with Gasteiger partial charge in [0.2, 0.25) is 34.6 Å². The molecule has 0 saturated heterocycles. The van der Waals surface area contributed by atoms with Crippen molar-refractivity contribution in [2.45, 2.75) is 70.4 Å². The molecule has 0 spiro atoms. The Hall–Kier alpha value is -11.0. The number of aromatic carboxylic acids is 1. The van der Waals surface area contributed by atoms with Crippen LogP contribution in [0.1, 0.15) is 134 Å². The highest BCUT2D eigenvalue weighted by molar-refractivity contribution is 9.11. The van der Waals surface area contributed by atoms with E-state index in [2.05, 4.69) is 119 Å². The number of methoxy groups -OCH3 is 5. The standard InChI is InChI=1S/C20H19ClF2N4O2.C12H14N2O4.C9H11BrO4.C9H12O4.C9H8O4.C6H5BrO3.C5H3BrO3.C3H5BN2O2/c21-14-10-25-27-5-1-2-17-13(19(14)27)8-18(29-17)20(28)26-12(9-24)6-11-3-4-15(22)16(23)7-11;1-17-12(16)11-7-8(9-4-5-13-14-9)10(18-11)3-2-6-15;1-13-9(12)8-5-6(10)7(14-8)3-2-4-11;2*1-12-9(11)8-5-4-7(13-8)3-2-6-10;1-9-6(8)4-2-3-5(7)10-4;6-4-2-1-3(9-4)5(7)8;7-4(8)3-1-2-5-6-3/h3-4,7-8,10,12H,1-2,5-6,9,24H2,(H,26,28);4-5,7,15H,2-3,6H2,1H3,(H,13,14);5,11H,2-4H2,1H3;4-5,10H,2-3,6H2,1H3;4-5,10H,6H2,1H3;2-3H,1H3;1-2H,(H,7,8);1-2,7-8H,(H,5,6)/t12-;;;;;;;/m0......./s1. The maximum Gasteiger partial charge on any atom is 0.507 e. The van der Waals surface area contributed by atoms with Crippen LogP contribution < -0.4 is 16.6 Å². The molecule has 11 aromatic rings. The number of carbonyl (C=O) groups is 7. The van der Waals surface area contributed by atoms with Crippen LogP contribution in [0, 0.1) is 23.5 Å². The number of aromatic amines is 2. The Balaban J connectivity index is 0.000000242. The molecule has 12 N–H and O–H groups in total. The number of furan rings is 7. The van der Waals surface area contributed by atoms with Gasteiger partial charge in [0.25, 0.3) is 5.91 Å². The van der Waals surface area contributed by atoms with E-state index in [0.29, 0.717) is 99.3 Å². The molecule has 0 bridgehead atoms. The van der Waals surface area contributed by atoms with Gasteiger partial charge in [-0.25, -0.2) is 37.5 Å². The Bertz CT molecular complexity index is 4880. The first kappa shape index (κ1) is 93.6. The molecule has 114 heavy (non-hydrogen) atoms. The lowest BCUT2D eigenvalue weighted by atomic mass is 9.87. The monoisotopic (exact) mass is 1800 g/mol. The minimum Gasteiger partial charge on any atom is -0.475 e. The highest BCUT2D eigenvalue weighted by Crippen LogP contribution is 2.36. The second-order valence-electron chi connectivity index (χ2n) is 22.5. The molecule has 10 aromatic heterocycles. The summed E-state index contributed by atoms with van der Waals surface area (Å²) in [5, 5.41) is 79.6. The van der Waals surface area contributed by atoms with E-state index >= 15 is 0 Å². The fraction of sp³-hybridized carbons (Fsp3) is 0.288. The van der Waals surface area contributed by atoms with E-state index in [1.807, 2.05) is 0 Å². The van der Waals surface area contributed by atoms with Gasteiger partial charge in [0.1, 0.15) is 29.6 Å². The third kappa shape index (κ3) is 30.2. The second-order valence-corrected chi connectivity index (χ2v) is 25.3. The number of hydrogen-bond acceptors (Lipinski definition) is 29. The minimum absolute atomic E-state index is 0.0538. The molecule has 34 nitrogen and oxygen atoms in total. The van der Waals surface area contributed by atoms with Crippen molar-refractivity contribution in [2.24, 2.45) is 5.73 Å². The van der Waals surface area contributed by atoms with Crippen molar-refractivity contribution in [3.8, 4) is 34.4 Å². The Morgan fingerprint density at radius 1 is 0.623 bits per heavy atom. The fourth-order valence-electron chi connectivity index (χ4n) is 9.31. The molecule has 610 valence electrons. The molecule has 1 aliphatic rings. The van der Waals surface area contributed by atoms with E-state index < -0.39 is 66.5 Å². The van der Waals surface area contributed by atoms with Crippen molar-refractivity contribution < 1.29 is 133 Å². The zero-order chi connectivity index (χ0) is 83.8. The molecule has 0 unspecified atom stereocenters. The minimum atomic E-state index is -1.43. The van der Waals surface area contributed by atoms with Crippen molar-refractivity contribution in [3.63, 3.8) is 0 Å². The first-order valence-corrected chi connectivity index (χ1v) is 36.3. The van der Waals surface area contributed by atoms with Crippen LogP contribution in [0.3, 0.4) is 0 Å². The van der Waals surface area contributed by atoms with Crippen LogP contribution in [-0.2, 0) is 62.3 Å². The topological polar surface area (TPSA) is 512 Å². The number of fused-ring (bicyclic) bond motifs is 3. The number of aliphatic hydroxyl groups excluding tert-OH is 4. The maximum absolute atomic E-state index is 13.4. The van der Waals surface area contributed by atoms with E-state index in [1.165, 1.54) is 84.2 Å². The van der Waals surface area contributed by atoms with Gasteiger partial charge >= 0.3 is 42.9 Å². The molecule has 0 saturated carbocycles.